The summed E-state index contributed by atoms with van der Waals surface area (Å²) in [5, 5.41) is 17.8. The number of aryl methyl sites for hydroxylation is 1. The van der Waals surface area contributed by atoms with Crippen LogP contribution in [0.15, 0.2) is 71.3 Å². The first kappa shape index (κ1) is 22.3. The third kappa shape index (κ3) is 4.62. The molecule has 4 aromatic rings. The van der Waals surface area contributed by atoms with E-state index in [2.05, 4.69) is 26.2 Å². The number of carbonyl (C=O) groups excluding carboxylic acids is 1. The predicted octanol–water partition coefficient (Wildman–Crippen LogP) is 4.33. The van der Waals surface area contributed by atoms with Crippen LogP contribution in [0.5, 0.6) is 0 Å². The number of pyridine rings is 1. The van der Waals surface area contributed by atoms with Gasteiger partial charge < -0.3 is 14.2 Å². The second kappa shape index (κ2) is 9.77. The second-order valence-corrected chi connectivity index (χ2v) is 8.42. The maximum absolute atomic E-state index is 13.2. The molecule has 1 saturated heterocycles. The van der Waals surface area contributed by atoms with Crippen molar-refractivity contribution in [3.8, 4) is 29.0 Å². The predicted molar refractivity (Wildman–Crippen MR) is 132 cm³/mol. The van der Waals surface area contributed by atoms with Crippen molar-refractivity contribution in [2.45, 2.75) is 13.3 Å². The molecular formula is C27H24N6O2. The zero-order valence-electron chi connectivity index (χ0n) is 19.4. The zero-order valence-corrected chi connectivity index (χ0v) is 19.4. The van der Waals surface area contributed by atoms with Crippen molar-refractivity contribution in [3.05, 3.63) is 83.6 Å². The molecule has 1 aliphatic rings. The summed E-state index contributed by atoms with van der Waals surface area (Å²) in [7, 11) is 0. The quantitative estimate of drug-likeness (QED) is 0.443. The molecule has 0 bridgehead atoms. The summed E-state index contributed by atoms with van der Waals surface area (Å²) < 4.78 is 5.89. The van der Waals surface area contributed by atoms with Crippen LogP contribution in [0.3, 0.4) is 0 Å². The molecule has 8 nitrogen and oxygen atoms in total. The minimum absolute atomic E-state index is 0.0222. The van der Waals surface area contributed by atoms with E-state index < -0.39 is 0 Å². The molecule has 5 rings (SSSR count). The number of anilines is 1. The Bertz CT molecular complexity index is 1390. The van der Waals surface area contributed by atoms with Gasteiger partial charge in [-0.25, -0.2) is 4.98 Å². The fourth-order valence-corrected chi connectivity index (χ4v) is 4.27. The Hall–Kier alpha value is -4.51. The minimum Gasteiger partial charge on any atom is -0.416 e. The van der Waals surface area contributed by atoms with Crippen LogP contribution in [0.4, 0.5) is 5.82 Å². The topological polar surface area (TPSA) is 99.2 Å². The molecule has 8 heteroatoms. The number of benzene rings is 2. The van der Waals surface area contributed by atoms with Gasteiger partial charge in [0.1, 0.15) is 11.9 Å². The van der Waals surface area contributed by atoms with Crippen LogP contribution in [-0.4, -0.2) is 52.2 Å². The van der Waals surface area contributed by atoms with E-state index in [9.17, 15) is 10.1 Å². The highest BCUT2D eigenvalue weighted by Crippen LogP contribution is 2.26. The summed E-state index contributed by atoms with van der Waals surface area (Å²) in [6.45, 7) is 4.58. The molecule has 35 heavy (non-hydrogen) atoms. The Morgan fingerprint density at radius 1 is 0.943 bits per heavy atom. The molecule has 2 aromatic heterocycles. The summed E-state index contributed by atoms with van der Waals surface area (Å²) in [6, 6.07) is 20.8. The molecule has 0 atom stereocenters. The maximum atomic E-state index is 13.2. The molecule has 0 saturated carbocycles. The van der Waals surface area contributed by atoms with Gasteiger partial charge in [0.15, 0.2) is 0 Å². The fraction of sp³-hybridized carbons (Fsp3) is 0.222. The van der Waals surface area contributed by atoms with Crippen molar-refractivity contribution in [1.29, 1.82) is 5.26 Å². The van der Waals surface area contributed by atoms with Crippen molar-refractivity contribution < 1.29 is 9.21 Å². The lowest BCUT2D eigenvalue weighted by Crippen LogP contribution is -2.35. The average molecular weight is 465 g/mol. The summed E-state index contributed by atoms with van der Waals surface area (Å²) in [4.78, 5) is 21.5. The molecule has 1 amide bonds. The standard InChI is InChI=1S/C27H24N6O2/c1-19-6-2-3-8-23(19)26-31-30-25(35-26)20-9-11-21(12-10-20)27(34)33-15-5-14-32(16-17-33)24-22(18-28)7-4-13-29-24/h2-4,6-13H,5,14-17H2,1H3. The van der Waals surface area contributed by atoms with E-state index in [4.69, 9.17) is 4.42 Å². The average Bonchev–Trinajstić information content (AvgIpc) is 3.26. The molecule has 174 valence electrons. The van der Waals surface area contributed by atoms with Gasteiger partial charge in [-0.15, -0.1) is 10.2 Å². The van der Waals surface area contributed by atoms with Gasteiger partial charge in [0, 0.05) is 49.1 Å². The Morgan fingerprint density at radius 3 is 2.54 bits per heavy atom. The number of rotatable bonds is 4. The summed E-state index contributed by atoms with van der Waals surface area (Å²) in [5.41, 5.74) is 3.88. The molecule has 0 N–H and O–H groups in total. The monoisotopic (exact) mass is 464 g/mol. The highest BCUT2D eigenvalue weighted by molar-refractivity contribution is 5.94. The van der Waals surface area contributed by atoms with Crippen LogP contribution in [0.2, 0.25) is 0 Å². The number of carbonyl (C=O) groups is 1. The summed E-state index contributed by atoms with van der Waals surface area (Å²) >= 11 is 0. The van der Waals surface area contributed by atoms with Gasteiger partial charge in [-0.05, 0) is 61.4 Å². The number of nitrogens with zero attached hydrogens (tertiary/aromatic N) is 6. The number of amides is 1. The molecule has 0 spiro atoms. The van der Waals surface area contributed by atoms with Crippen LogP contribution in [0.1, 0.15) is 27.9 Å². The van der Waals surface area contributed by atoms with Gasteiger partial charge in [-0.1, -0.05) is 18.2 Å². The van der Waals surface area contributed by atoms with E-state index in [0.717, 1.165) is 29.7 Å². The zero-order chi connectivity index (χ0) is 24.2. The Balaban J connectivity index is 1.27. The van der Waals surface area contributed by atoms with Crippen molar-refractivity contribution in [2.75, 3.05) is 31.1 Å². The molecule has 3 heterocycles. The van der Waals surface area contributed by atoms with Crippen LogP contribution < -0.4 is 4.90 Å². The lowest BCUT2D eigenvalue weighted by molar-refractivity contribution is 0.0767. The number of aromatic nitrogens is 3. The highest BCUT2D eigenvalue weighted by Gasteiger charge is 2.22. The molecular weight excluding hydrogens is 440 g/mol. The smallest absolute Gasteiger partial charge is 0.253 e. The van der Waals surface area contributed by atoms with E-state index in [1.165, 1.54) is 0 Å². The molecule has 2 aromatic carbocycles. The summed E-state index contributed by atoms with van der Waals surface area (Å²) in [5.74, 6) is 1.54. The fourth-order valence-electron chi connectivity index (χ4n) is 4.27. The summed E-state index contributed by atoms with van der Waals surface area (Å²) in [6.07, 6.45) is 2.49. The first-order chi connectivity index (χ1) is 17.1. The second-order valence-electron chi connectivity index (χ2n) is 8.42. The Kier molecular flexibility index (Phi) is 6.22. The van der Waals surface area contributed by atoms with Crippen LogP contribution >= 0.6 is 0 Å². The van der Waals surface area contributed by atoms with Gasteiger partial charge in [0.05, 0.1) is 5.56 Å². The largest absolute Gasteiger partial charge is 0.416 e. The maximum Gasteiger partial charge on any atom is 0.253 e. The third-order valence-electron chi connectivity index (χ3n) is 6.17. The lowest BCUT2D eigenvalue weighted by atomic mass is 10.1. The van der Waals surface area contributed by atoms with Gasteiger partial charge in [-0.3, -0.25) is 4.79 Å². The lowest BCUT2D eigenvalue weighted by Gasteiger charge is -2.23. The van der Waals surface area contributed by atoms with Gasteiger partial charge in [0.2, 0.25) is 11.8 Å². The van der Waals surface area contributed by atoms with Crippen molar-refractivity contribution >= 4 is 11.7 Å². The number of hydrogen-bond acceptors (Lipinski definition) is 7. The Labute approximate surface area is 203 Å². The van der Waals surface area contributed by atoms with E-state index in [1.54, 1.807) is 30.5 Å². The first-order valence-corrected chi connectivity index (χ1v) is 11.5. The van der Waals surface area contributed by atoms with E-state index in [-0.39, 0.29) is 5.91 Å². The van der Waals surface area contributed by atoms with Gasteiger partial charge in [0.25, 0.3) is 5.91 Å². The van der Waals surface area contributed by atoms with E-state index in [1.807, 2.05) is 48.2 Å². The van der Waals surface area contributed by atoms with E-state index in [0.29, 0.717) is 48.4 Å². The molecule has 0 unspecified atom stereocenters. The van der Waals surface area contributed by atoms with Crippen LogP contribution in [0, 0.1) is 18.3 Å². The SMILES string of the molecule is Cc1ccccc1-c1nnc(-c2ccc(C(=O)N3CCCN(c4ncccc4C#N)CC3)cc2)o1. The van der Waals surface area contributed by atoms with Crippen molar-refractivity contribution in [1.82, 2.24) is 20.1 Å². The van der Waals surface area contributed by atoms with Gasteiger partial charge in [-0.2, -0.15) is 5.26 Å². The normalized spacial score (nSPS) is 13.8. The molecule has 1 aliphatic heterocycles. The Morgan fingerprint density at radius 2 is 1.74 bits per heavy atom. The van der Waals surface area contributed by atoms with Crippen LogP contribution in [0.25, 0.3) is 22.9 Å². The van der Waals surface area contributed by atoms with Gasteiger partial charge >= 0.3 is 0 Å². The highest BCUT2D eigenvalue weighted by atomic mass is 16.4. The van der Waals surface area contributed by atoms with Crippen molar-refractivity contribution in [2.24, 2.45) is 0 Å². The van der Waals surface area contributed by atoms with Crippen molar-refractivity contribution in [3.63, 3.8) is 0 Å². The number of hydrogen-bond donors (Lipinski definition) is 0. The molecule has 0 radical (unpaired) electrons. The van der Waals surface area contributed by atoms with Crippen LogP contribution in [-0.2, 0) is 0 Å². The third-order valence-corrected chi connectivity index (χ3v) is 6.17. The van der Waals surface area contributed by atoms with E-state index >= 15 is 0 Å². The first-order valence-electron chi connectivity index (χ1n) is 11.5. The minimum atomic E-state index is -0.0222. The molecule has 1 fully saturated rings. The number of nitriles is 1. The molecule has 0 aliphatic carbocycles.